The topological polar surface area (TPSA) is 86.3 Å². The average Bonchev–Trinajstić information content (AvgIpc) is 2.38. The highest BCUT2D eigenvalue weighted by Gasteiger charge is 2.10. The lowest BCUT2D eigenvalue weighted by Gasteiger charge is -1.94. The third-order valence-electron chi connectivity index (χ3n) is 2.21. The summed E-state index contributed by atoms with van der Waals surface area (Å²) in [6.45, 7) is 0. The largest absolute Gasteiger partial charge is 0.283 e. The van der Waals surface area contributed by atoms with E-state index in [2.05, 4.69) is 63.7 Å². The highest BCUT2D eigenvalue weighted by atomic mass is 79.9. The maximum atomic E-state index is 10.3. The van der Waals surface area contributed by atoms with Crippen molar-refractivity contribution in [1.29, 1.82) is 0 Å². The summed E-state index contributed by atoms with van der Waals surface area (Å²) in [6, 6.07) is 9.41. The first-order valence-electron chi connectivity index (χ1n) is 5.41. The van der Waals surface area contributed by atoms with Crippen molar-refractivity contribution < 1.29 is 9.85 Å². The minimum Gasteiger partial charge on any atom is -0.258 e. The Bertz CT molecular complexity index is 663. The molecular weight excluding hydrogens is 556 g/mol. The summed E-state index contributed by atoms with van der Waals surface area (Å²) >= 11 is 12.5. The molecule has 2 aromatic rings. The molecule has 2 rings (SSSR count). The van der Waals surface area contributed by atoms with Crippen molar-refractivity contribution in [1.82, 2.24) is 0 Å². The van der Waals surface area contributed by atoms with Crippen molar-refractivity contribution in [2.24, 2.45) is 0 Å². The predicted molar refractivity (Wildman–Crippen MR) is 97.0 cm³/mol. The molecule has 0 amide bonds. The van der Waals surface area contributed by atoms with Crippen LogP contribution < -0.4 is 0 Å². The molecule has 0 spiro atoms. The first kappa shape index (κ1) is 19.2. The van der Waals surface area contributed by atoms with Crippen LogP contribution in [0.1, 0.15) is 0 Å². The van der Waals surface area contributed by atoms with Gasteiger partial charge in [-0.2, -0.15) is 0 Å². The minimum atomic E-state index is -0.434. The van der Waals surface area contributed by atoms with Gasteiger partial charge in [-0.3, -0.25) is 20.2 Å². The molecule has 0 saturated heterocycles. The lowest BCUT2D eigenvalue weighted by Crippen LogP contribution is -1.88. The number of nitro groups is 2. The fourth-order valence-corrected chi connectivity index (χ4v) is 3.64. The SMILES string of the molecule is O=[N+]([O-])c1ccc(Br)cc1Br.O=[N+]([O-])c1ccc(Br)cc1Br. The lowest BCUT2D eigenvalue weighted by atomic mass is 10.3. The van der Waals surface area contributed by atoms with Crippen LogP contribution in [0.25, 0.3) is 0 Å². The molecule has 0 N–H and O–H groups in total. The van der Waals surface area contributed by atoms with Crippen molar-refractivity contribution in [3.05, 3.63) is 74.5 Å². The van der Waals surface area contributed by atoms with Crippen molar-refractivity contribution in [3.8, 4) is 0 Å². The second-order valence-electron chi connectivity index (χ2n) is 3.71. The first-order valence-corrected chi connectivity index (χ1v) is 8.58. The van der Waals surface area contributed by atoms with Crippen LogP contribution in [0.2, 0.25) is 0 Å². The van der Waals surface area contributed by atoms with Crippen LogP contribution in [-0.2, 0) is 0 Å². The molecule has 0 unspecified atom stereocenters. The molecule has 0 aromatic heterocycles. The second-order valence-corrected chi connectivity index (χ2v) is 7.25. The Morgan fingerprint density at radius 2 is 1.00 bits per heavy atom. The zero-order valence-electron chi connectivity index (χ0n) is 10.5. The summed E-state index contributed by atoms with van der Waals surface area (Å²) in [5.41, 5.74) is 0.154. The van der Waals surface area contributed by atoms with Gasteiger partial charge in [0.15, 0.2) is 0 Å². The Morgan fingerprint density at radius 3 is 1.23 bits per heavy atom. The van der Waals surface area contributed by atoms with E-state index in [0.717, 1.165) is 8.95 Å². The summed E-state index contributed by atoms with van der Waals surface area (Å²) in [7, 11) is 0. The molecule has 0 bridgehead atoms. The van der Waals surface area contributed by atoms with Gasteiger partial charge in [0.1, 0.15) is 0 Å². The smallest absolute Gasteiger partial charge is 0.258 e. The van der Waals surface area contributed by atoms with Crippen LogP contribution in [0.3, 0.4) is 0 Å². The van der Waals surface area contributed by atoms with Gasteiger partial charge in [-0.1, -0.05) is 31.9 Å². The Kier molecular flexibility index (Phi) is 7.60. The molecule has 0 radical (unpaired) electrons. The highest BCUT2D eigenvalue weighted by Crippen LogP contribution is 2.28. The van der Waals surface area contributed by atoms with Gasteiger partial charge in [0.05, 0.1) is 18.8 Å². The van der Waals surface area contributed by atoms with Crippen LogP contribution in [0.5, 0.6) is 0 Å². The monoisotopic (exact) mass is 558 g/mol. The van der Waals surface area contributed by atoms with Gasteiger partial charge in [0, 0.05) is 21.1 Å². The van der Waals surface area contributed by atoms with Gasteiger partial charge in [-0.05, 0) is 56.1 Å². The Balaban J connectivity index is 0.000000220. The fourth-order valence-electron chi connectivity index (χ4n) is 1.26. The minimum absolute atomic E-state index is 0.0770. The normalized spacial score (nSPS) is 9.64. The third-order valence-corrected chi connectivity index (χ3v) is 4.47. The van der Waals surface area contributed by atoms with Crippen molar-refractivity contribution in [2.75, 3.05) is 0 Å². The number of rotatable bonds is 2. The molecule has 10 heteroatoms. The Morgan fingerprint density at radius 1 is 0.682 bits per heavy atom. The summed E-state index contributed by atoms with van der Waals surface area (Å²) < 4.78 is 2.60. The predicted octanol–water partition coefficient (Wildman–Crippen LogP) is 6.24. The van der Waals surface area contributed by atoms with Crippen molar-refractivity contribution >= 4 is 75.1 Å². The zero-order valence-corrected chi connectivity index (χ0v) is 16.8. The molecular formula is C12H6Br4N2O4. The van der Waals surface area contributed by atoms with E-state index in [-0.39, 0.29) is 11.4 Å². The molecule has 0 saturated carbocycles. The van der Waals surface area contributed by atoms with Crippen molar-refractivity contribution in [3.63, 3.8) is 0 Å². The third kappa shape index (κ3) is 5.75. The molecule has 0 atom stereocenters. The maximum Gasteiger partial charge on any atom is 0.283 e. The summed E-state index contributed by atoms with van der Waals surface area (Å²) in [5, 5.41) is 20.6. The van der Waals surface area contributed by atoms with Crippen LogP contribution in [0.4, 0.5) is 11.4 Å². The van der Waals surface area contributed by atoms with Gasteiger partial charge in [0.2, 0.25) is 0 Å². The molecule has 6 nitrogen and oxygen atoms in total. The molecule has 2 aromatic carbocycles. The Hall–Kier alpha value is -0.840. The first-order chi connectivity index (χ1) is 10.2. The number of nitro benzene ring substituents is 2. The van der Waals surface area contributed by atoms with E-state index >= 15 is 0 Å². The Labute approximate surface area is 158 Å². The number of nitrogens with zero attached hydrogens (tertiary/aromatic N) is 2. The van der Waals surface area contributed by atoms with E-state index in [1.807, 2.05) is 0 Å². The lowest BCUT2D eigenvalue weighted by molar-refractivity contribution is -0.385. The maximum absolute atomic E-state index is 10.3. The standard InChI is InChI=1S/2C6H3Br2NO2/c2*7-4-1-2-6(9(10)11)5(8)3-4/h2*1-3H. The average molecular weight is 562 g/mol. The summed E-state index contributed by atoms with van der Waals surface area (Å²) in [6.07, 6.45) is 0. The molecule has 0 heterocycles. The highest BCUT2D eigenvalue weighted by molar-refractivity contribution is 9.11. The summed E-state index contributed by atoms with van der Waals surface area (Å²) in [4.78, 5) is 19.7. The number of hydrogen-bond acceptors (Lipinski definition) is 4. The second kappa shape index (κ2) is 8.70. The van der Waals surface area contributed by atoms with E-state index in [9.17, 15) is 20.2 Å². The summed E-state index contributed by atoms with van der Waals surface area (Å²) in [5.74, 6) is 0. The van der Waals surface area contributed by atoms with E-state index in [1.165, 1.54) is 12.1 Å². The van der Waals surface area contributed by atoms with Crippen molar-refractivity contribution in [2.45, 2.75) is 0 Å². The quantitative estimate of drug-likeness (QED) is 0.321. The fraction of sp³-hybridized carbons (Fsp3) is 0. The van der Waals surface area contributed by atoms with Gasteiger partial charge >= 0.3 is 0 Å². The number of halogens is 4. The molecule has 22 heavy (non-hydrogen) atoms. The number of benzene rings is 2. The van der Waals surface area contributed by atoms with Crippen LogP contribution in [-0.4, -0.2) is 9.85 Å². The van der Waals surface area contributed by atoms with Gasteiger partial charge in [-0.15, -0.1) is 0 Å². The van der Waals surface area contributed by atoms with E-state index < -0.39 is 9.85 Å². The molecule has 0 aliphatic rings. The molecule has 116 valence electrons. The van der Waals surface area contributed by atoms with Crippen LogP contribution in [0, 0.1) is 20.2 Å². The zero-order chi connectivity index (χ0) is 16.9. The van der Waals surface area contributed by atoms with E-state index in [4.69, 9.17) is 0 Å². The van der Waals surface area contributed by atoms with Crippen LogP contribution in [0.15, 0.2) is 54.3 Å². The van der Waals surface area contributed by atoms with E-state index in [0.29, 0.717) is 8.95 Å². The van der Waals surface area contributed by atoms with E-state index in [1.54, 1.807) is 24.3 Å². The van der Waals surface area contributed by atoms with Crippen LogP contribution >= 0.6 is 63.7 Å². The number of hydrogen-bond donors (Lipinski definition) is 0. The van der Waals surface area contributed by atoms with Gasteiger partial charge in [0.25, 0.3) is 11.4 Å². The van der Waals surface area contributed by atoms with Gasteiger partial charge in [-0.25, -0.2) is 0 Å². The van der Waals surface area contributed by atoms with Gasteiger partial charge < -0.3 is 0 Å². The molecule has 0 fully saturated rings. The molecule has 0 aliphatic heterocycles. The molecule has 0 aliphatic carbocycles.